The zero-order valence-electron chi connectivity index (χ0n) is 13.3. The first-order chi connectivity index (χ1) is 10.3. The van der Waals surface area contributed by atoms with E-state index in [9.17, 15) is 14.7 Å². The first-order valence-electron chi connectivity index (χ1n) is 7.19. The third-order valence-electron chi connectivity index (χ3n) is 3.10. The highest BCUT2D eigenvalue weighted by atomic mass is 16.6. The van der Waals surface area contributed by atoms with Gasteiger partial charge in [0, 0.05) is 0 Å². The molecule has 1 rings (SSSR count). The number of carbonyl (C=O) groups excluding carboxylic acids is 2. The molecule has 0 aliphatic carbocycles. The Morgan fingerprint density at radius 2 is 1.77 bits per heavy atom. The topological polar surface area (TPSA) is 84.9 Å². The van der Waals surface area contributed by atoms with Crippen LogP contribution in [0, 0.1) is 5.92 Å². The zero-order chi connectivity index (χ0) is 16.7. The minimum absolute atomic E-state index is 0.00639. The van der Waals surface area contributed by atoms with Gasteiger partial charge in [0.25, 0.3) is 0 Å². The Balaban J connectivity index is 2.46. The molecule has 1 aromatic carbocycles. The number of benzene rings is 1. The molecule has 2 unspecified atom stereocenters. The van der Waals surface area contributed by atoms with E-state index in [2.05, 4.69) is 5.32 Å². The molecule has 0 saturated carbocycles. The van der Waals surface area contributed by atoms with Crippen molar-refractivity contribution in [1.82, 2.24) is 5.32 Å². The predicted octanol–water partition coefficient (Wildman–Crippen LogP) is 1.72. The molecule has 22 heavy (non-hydrogen) atoms. The van der Waals surface area contributed by atoms with Crippen LogP contribution in [0.25, 0.3) is 0 Å². The van der Waals surface area contributed by atoms with E-state index >= 15 is 0 Å². The quantitative estimate of drug-likeness (QED) is 0.746. The van der Waals surface area contributed by atoms with Crippen molar-refractivity contribution < 1.29 is 24.2 Å². The van der Waals surface area contributed by atoms with Crippen molar-refractivity contribution in [2.75, 3.05) is 13.7 Å². The van der Waals surface area contributed by atoms with Crippen LogP contribution in [0.4, 0.5) is 0 Å². The minimum atomic E-state index is -0.560. The predicted molar refractivity (Wildman–Crippen MR) is 81.6 cm³/mol. The number of esters is 2. The molecule has 0 aliphatic heterocycles. The van der Waals surface area contributed by atoms with Gasteiger partial charge in [0.15, 0.2) is 0 Å². The van der Waals surface area contributed by atoms with Crippen LogP contribution in [-0.2, 0) is 14.3 Å². The van der Waals surface area contributed by atoms with Gasteiger partial charge in [-0.15, -0.1) is 0 Å². The summed E-state index contributed by atoms with van der Waals surface area (Å²) in [7, 11) is 1.69. The Morgan fingerprint density at radius 1 is 1.18 bits per heavy atom. The van der Waals surface area contributed by atoms with Crippen LogP contribution >= 0.6 is 0 Å². The van der Waals surface area contributed by atoms with Gasteiger partial charge in [-0.1, -0.05) is 13.8 Å². The van der Waals surface area contributed by atoms with Crippen molar-refractivity contribution >= 4 is 11.9 Å². The van der Waals surface area contributed by atoms with Crippen molar-refractivity contribution in [3.05, 3.63) is 29.8 Å². The van der Waals surface area contributed by atoms with Crippen LogP contribution < -0.4 is 5.32 Å². The minimum Gasteiger partial charge on any atom is -0.508 e. The van der Waals surface area contributed by atoms with Gasteiger partial charge in [0.1, 0.15) is 24.5 Å². The third kappa shape index (κ3) is 5.37. The maximum atomic E-state index is 11.9. The van der Waals surface area contributed by atoms with E-state index in [1.54, 1.807) is 14.0 Å². The molecular weight excluding hydrogens is 286 g/mol. The van der Waals surface area contributed by atoms with Crippen molar-refractivity contribution in [2.45, 2.75) is 32.9 Å². The van der Waals surface area contributed by atoms with Gasteiger partial charge in [-0.05, 0) is 44.2 Å². The second-order valence-corrected chi connectivity index (χ2v) is 5.40. The van der Waals surface area contributed by atoms with E-state index in [1.165, 1.54) is 24.3 Å². The maximum Gasteiger partial charge on any atom is 0.338 e. The largest absolute Gasteiger partial charge is 0.508 e. The first kappa shape index (κ1) is 18.0. The summed E-state index contributed by atoms with van der Waals surface area (Å²) in [5, 5.41) is 12.1. The molecule has 0 aliphatic rings. The molecule has 0 radical (unpaired) electrons. The normalized spacial score (nSPS) is 13.5. The Morgan fingerprint density at radius 3 is 2.27 bits per heavy atom. The SMILES string of the molecule is CNC(C(=O)OCC(C)OC(=O)c1ccc(O)cc1)C(C)C. The lowest BCUT2D eigenvalue weighted by molar-refractivity contribution is -0.150. The van der Waals surface area contributed by atoms with E-state index in [-0.39, 0.29) is 30.3 Å². The molecule has 6 nitrogen and oxygen atoms in total. The summed E-state index contributed by atoms with van der Waals surface area (Å²) in [6.07, 6.45) is -0.560. The average Bonchev–Trinajstić information content (AvgIpc) is 2.46. The van der Waals surface area contributed by atoms with E-state index < -0.39 is 12.1 Å². The number of hydrogen-bond acceptors (Lipinski definition) is 6. The summed E-state index contributed by atoms with van der Waals surface area (Å²) in [4.78, 5) is 23.7. The number of likely N-dealkylation sites (N-methyl/N-ethyl adjacent to an activating group) is 1. The smallest absolute Gasteiger partial charge is 0.338 e. The number of rotatable bonds is 7. The zero-order valence-corrected chi connectivity index (χ0v) is 13.3. The van der Waals surface area contributed by atoms with Crippen LogP contribution in [0.2, 0.25) is 0 Å². The number of aromatic hydroxyl groups is 1. The average molecular weight is 309 g/mol. The first-order valence-corrected chi connectivity index (χ1v) is 7.19. The number of carbonyl (C=O) groups is 2. The highest BCUT2D eigenvalue weighted by molar-refractivity contribution is 5.89. The van der Waals surface area contributed by atoms with Crippen molar-refractivity contribution in [1.29, 1.82) is 0 Å². The molecule has 0 amide bonds. The Labute approximate surface area is 130 Å². The van der Waals surface area contributed by atoms with Crippen LogP contribution in [0.15, 0.2) is 24.3 Å². The van der Waals surface area contributed by atoms with E-state index in [0.717, 1.165) is 0 Å². The molecule has 0 saturated heterocycles. The molecule has 1 aromatic rings. The lowest BCUT2D eigenvalue weighted by Gasteiger charge is -2.20. The summed E-state index contributed by atoms with van der Waals surface area (Å²) in [5.74, 6) is -0.722. The van der Waals surface area contributed by atoms with Crippen molar-refractivity contribution in [2.24, 2.45) is 5.92 Å². The van der Waals surface area contributed by atoms with Crippen molar-refractivity contribution in [3.8, 4) is 5.75 Å². The molecule has 0 bridgehead atoms. The summed E-state index contributed by atoms with van der Waals surface area (Å²) >= 11 is 0. The van der Waals surface area contributed by atoms with Crippen molar-refractivity contribution in [3.63, 3.8) is 0 Å². The standard InChI is InChI=1S/C16H23NO5/c1-10(2)14(17-4)16(20)21-9-11(3)22-15(19)12-5-7-13(18)8-6-12/h5-8,10-11,14,17-18H,9H2,1-4H3. The molecule has 0 aromatic heterocycles. The van der Waals surface area contributed by atoms with Gasteiger partial charge < -0.3 is 19.9 Å². The van der Waals surface area contributed by atoms with Crippen LogP contribution in [-0.4, -0.2) is 42.8 Å². The fourth-order valence-electron chi connectivity index (χ4n) is 1.89. The second kappa shape index (κ2) is 8.38. The van der Waals surface area contributed by atoms with Gasteiger partial charge in [-0.25, -0.2) is 4.79 Å². The van der Waals surface area contributed by atoms with Crippen LogP contribution in [0.1, 0.15) is 31.1 Å². The molecule has 6 heteroatoms. The fourth-order valence-corrected chi connectivity index (χ4v) is 1.89. The summed E-state index contributed by atoms with van der Waals surface area (Å²) < 4.78 is 10.3. The second-order valence-electron chi connectivity index (χ2n) is 5.40. The Bertz CT molecular complexity index is 498. The van der Waals surface area contributed by atoms with Crippen LogP contribution in [0.5, 0.6) is 5.75 Å². The van der Waals surface area contributed by atoms with Gasteiger partial charge in [-0.3, -0.25) is 4.79 Å². The Hall–Kier alpha value is -2.08. The van der Waals surface area contributed by atoms with Crippen LogP contribution in [0.3, 0.4) is 0 Å². The summed E-state index contributed by atoms with van der Waals surface area (Å²) in [5.41, 5.74) is 0.325. The van der Waals surface area contributed by atoms with Gasteiger partial charge in [0.2, 0.25) is 0 Å². The van der Waals surface area contributed by atoms with Gasteiger partial charge in [-0.2, -0.15) is 0 Å². The lowest BCUT2D eigenvalue weighted by Crippen LogP contribution is -2.40. The third-order valence-corrected chi connectivity index (χ3v) is 3.10. The Kier molecular flexibility index (Phi) is 6.85. The van der Waals surface area contributed by atoms with Gasteiger partial charge in [0.05, 0.1) is 5.56 Å². The number of hydrogen-bond donors (Lipinski definition) is 2. The fraction of sp³-hybridized carbons (Fsp3) is 0.500. The number of ether oxygens (including phenoxy) is 2. The van der Waals surface area contributed by atoms with E-state index in [1.807, 2.05) is 13.8 Å². The molecular formula is C16H23NO5. The highest BCUT2D eigenvalue weighted by Crippen LogP contribution is 2.11. The summed E-state index contributed by atoms with van der Waals surface area (Å²) in [6.45, 7) is 5.47. The summed E-state index contributed by atoms with van der Waals surface area (Å²) in [6, 6.07) is 5.35. The molecule has 122 valence electrons. The lowest BCUT2D eigenvalue weighted by atomic mass is 10.1. The molecule has 2 N–H and O–H groups in total. The molecule has 0 heterocycles. The molecule has 0 spiro atoms. The van der Waals surface area contributed by atoms with E-state index in [0.29, 0.717) is 5.56 Å². The number of phenols is 1. The van der Waals surface area contributed by atoms with E-state index in [4.69, 9.17) is 9.47 Å². The monoisotopic (exact) mass is 309 g/mol. The highest BCUT2D eigenvalue weighted by Gasteiger charge is 2.23. The maximum absolute atomic E-state index is 11.9. The van der Waals surface area contributed by atoms with Gasteiger partial charge >= 0.3 is 11.9 Å². The molecule has 0 fully saturated rings. The molecule has 2 atom stereocenters. The number of phenolic OH excluding ortho intramolecular Hbond substituents is 1. The number of nitrogens with one attached hydrogen (secondary N) is 1.